The van der Waals surface area contributed by atoms with E-state index < -0.39 is 10.0 Å². The normalized spacial score (nSPS) is 20.2. The van der Waals surface area contributed by atoms with Crippen LogP contribution in [0.3, 0.4) is 0 Å². The van der Waals surface area contributed by atoms with Gasteiger partial charge >= 0.3 is 0 Å². The van der Waals surface area contributed by atoms with E-state index in [-0.39, 0.29) is 11.8 Å². The minimum absolute atomic E-state index is 0.139. The fourth-order valence-electron chi connectivity index (χ4n) is 2.47. The van der Waals surface area contributed by atoms with Gasteiger partial charge in [-0.25, -0.2) is 12.7 Å². The van der Waals surface area contributed by atoms with Gasteiger partial charge in [0.15, 0.2) is 0 Å². The zero-order chi connectivity index (χ0) is 15.5. The molecule has 0 radical (unpaired) electrons. The molecule has 1 aliphatic heterocycles. The highest BCUT2D eigenvalue weighted by Gasteiger charge is 2.26. The average Bonchev–Trinajstić information content (AvgIpc) is 2.45. The summed E-state index contributed by atoms with van der Waals surface area (Å²) in [4.78, 5) is 12.1. The summed E-state index contributed by atoms with van der Waals surface area (Å²) in [5.41, 5.74) is 0.440. The largest absolute Gasteiger partial charge is 0.352 e. The molecule has 1 aromatic rings. The monoisotopic (exact) mass is 330 g/mol. The van der Waals surface area contributed by atoms with Gasteiger partial charge in [0.05, 0.1) is 16.8 Å². The third-order valence-electron chi connectivity index (χ3n) is 3.62. The van der Waals surface area contributed by atoms with Crippen LogP contribution in [0.2, 0.25) is 5.02 Å². The molecule has 0 spiro atoms. The summed E-state index contributed by atoms with van der Waals surface area (Å²) >= 11 is 5.98. The molecule has 1 saturated heterocycles. The highest BCUT2D eigenvalue weighted by atomic mass is 35.5. The second kappa shape index (κ2) is 6.77. The second-order valence-electron chi connectivity index (χ2n) is 5.32. The van der Waals surface area contributed by atoms with Crippen molar-refractivity contribution in [3.8, 4) is 0 Å². The van der Waals surface area contributed by atoms with Crippen molar-refractivity contribution in [2.45, 2.75) is 12.8 Å². The number of piperidine rings is 1. The Bertz CT molecular complexity index is 618. The number of amides is 1. The predicted octanol–water partition coefficient (Wildman–Crippen LogP) is 1.74. The predicted molar refractivity (Wildman–Crippen MR) is 82.9 cm³/mol. The van der Waals surface area contributed by atoms with Crippen LogP contribution in [0, 0.1) is 5.92 Å². The molecule has 0 saturated carbocycles. The summed E-state index contributed by atoms with van der Waals surface area (Å²) in [7, 11) is -3.16. The molecule has 1 heterocycles. The van der Waals surface area contributed by atoms with Crippen LogP contribution >= 0.6 is 11.6 Å². The number of halogens is 1. The van der Waals surface area contributed by atoms with Crippen molar-refractivity contribution in [3.05, 3.63) is 34.9 Å². The van der Waals surface area contributed by atoms with Crippen LogP contribution < -0.4 is 5.32 Å². The van der Waals surface area contributed by atoms with Crippen LogP contribution in [-0.4, -0.2) is 44.5 Å². The van der Waals surface area contributed by atoms with Crippen LogP contribution in [-0.2, 0) is 10.0 Å². The number of hydrogen-bond donors (Lipinski definition) is 1. The molecule has 116 valence electrons. The molecule has 1 unspecified atom stereocenters. The summed E-state index contributed by atoms with van der Waals surface area (Å²) in [5.74, 6) is -0.0861. The van der Waals surface area contributed by atoms with Crippen LogP contribution in [0.1, 0.15) is 23.2 Å². The number of nitrogens with one attached hydrogen (secondary N) is 1. The molecule has 1 atom stereocenters. The molecule has 7 heteroatoms. The smallest absolute Gasteiger partial charge is 0.252 e. The molecule has 0 aromatic heterocycles. The van der Waals surface area contributed by atoms with Crippen LogP contribution in [0.4, 0.5) is 0 Å². The fourth-order valence-corrected chi connectivity index (χ4v) is 3.64. The number of nitrogens with zero attached hydrogens (tertiary/aromatic N) is 1. The molecule has 5 nitrogen and oxygen atoms in total. The highest BCUT2D eigenvalue weighted by molar-refractivity contribution is 7.88. The topological polar surface area (TPSA) is 66.5 Å². The quantitative estimate of drug-likeness (QED) is 0.914. The van der Waals surface area contributed by atoms with Crippen molar-refractivity contribution in [1.29, 1.82) is 0 Å². The molecule has 2 rings (SSSR count). The van der Waals surface area contributed by atoms with Crippen molar-refractivity contribution in [3.63, 3.8) is 0 Å². The van der Waals surface area contributed by atoms with E-state index in [0.29, 0.717) is 30.2 Å². The molecule has 0 bridgehead atoms. The first-order valence-corrected chi connectivity index (χ1v) is 9.08. The first-order valence-electron chi connectivity index (χ1n) is 6.86. The summed E-state index contributed by atoms with van der Waals surface area (Å²) < 4.78 is 24.6. The molecule has 21 heavy (non-hydrogen) atoms. The van der Waals surface area contributed by atoms with Gasteiger partial charge in [-0.2, -0.15) is 0 Å². The second-order valence-corrected chi connectivity index (χ2v) is 7.71. The number of sulfonamides is 1. The number of rotatable bonds is 4. The van der Waals surface area contributed by atoms with Gasteiger partial charge in [0, 0.05) is 19.6 Å². The minimum Gasteiger partial charge on any atom is -0.352 e. The zero-order valence-corrected chi connectivity index (χ0v) is 13.5. The summed E-state index contributed by atoms with van der Waals surface area (Å²) in [6.07, 6.45) is 2.95. The Morgan fingerprint density at radius 1 is 1.43 bits per heavy atom. The third kappa shape index (κ3) is 4.43. The van der Waals surface area contributed by atoms with Gasteiger partial charge in [0.25, 0.3) is 5.91 Å². The van der Waals surface area contributed by atoms with Crippen molar-refractivity contribution in [2.75, 3.05) is 25.9 Å². The van der Waals surface area contributed by atoms with Crippen molar-refractivity contribution >= 4 is 27.5 Å². The standard InChI is InChI=1S/C14H19ClN2O3S/c1-21(19,20)17-8-4-5-11(10-17)9-16-14(18)12-6-2-3-7-13(12)15/h2-3,6-7,11H,4-5,8-10H2,1H3,(H,16,18). The van der Waals surface area contributed by atoms with E-state index in [1.807, 2.05) is 0 Å². The van der Waals surface area contributed by atoms with Gasteiger partial charge in [-0.15, -0.1) is 0 Å². The molecular formula is C14H19ClN2O3S. The zero-order valence-electron chi connectivity index (χ0n) is 11.9. The third-order valence-corrected chi connectivity index (χ3v) is 5.22. The Morgan fingerprint density at radius 2 is 2.14 bits per heavy atom. The Balaban J connectivity index is 1.91. The van der Waals surface area contributed by atoms with E-state index in [1.54, 1.807) is 24.3 Å². The maximum atomic E-state index is 12.1. The number of hydrogen-bond acceptors (Lipinski definition) is 3. The Labute approximate surface area is 130 Å². The van der Waals surface area contributed by atoms with Gasteiger partial charge in [0.2, 0.25) is 10.0 Å². The molecule has 1 amide bonds. The Kier molecular flexibility index (Phi) is 5.24. The lowest BCUT2D eigenvalue weighted by molar-refractivity contribution is 0.0941. The van der Waals surface area contributed by atoms with Crippen molar-refractivity contribution in [1.82, 2.24) is 9.62 Å². The van der Waals surface area contributed by atoms with E-state index in [1.165, 1.54) is 10.6 Å². The first kappa shape index (κ1) is 16.3. The highest BCUT2D eigenvalue weighted by Crippen LogP contribution is 2.19. The molecule has 1 aliphatic rings. The van der Waals surface area contributed by atoms with Gasteiger partial charge in [-0.05, 0) is 30.9 Å². The van der Waals surface area contributed by atoms with E-state index in [0.717, 1.165) is 12.8 Å². The van der Waals surface area contributed by atoms with E-state index >= 15 is 0 Å². The Morgan fingerprint density at radius 3 is 2.81 bits per heavy atom. The van der Waals surface area contributed by atoms with Crippen molar-refractivity contribution in [2.24, 2.45) is 5.92 Å². The molecular weight excluding hydrogens is 312 g/mol. The van der Waals surface area contributed by atoms with E-state index in [4.69, 9.17) is 11.6 Å². The number of carbonyl (C=O) groups excluding carboxylic acids is 1. The molecule has 0 aliphatic carbocycles. The van der Waals surface area contributed by atoms with E-state index in [2.05, 4.69) is 5.32 Å². The molecule has 1 aromatic carbocycles. The van der Waals surface area contributed by atoms with Crippen LogP contribution in [0.15, 0.2) is 24.3 Å². The summed E-state index contributed by atoms with van der Waals surface area (Å²) in [5, 5.41) is 3.25. The average molecular weight is 331 g/mol. The lowest BCUT2D eigenvalue weighted by atomic mass is 9.99. The van der Waals surface area contributed by atoms with Gasteiger partial charge in [0.1, 0.15) is 0 Å². The molecule has 1 fully saturated rings. The van der Waals surface area contributed by atoms with Gasteiger partial charge < -0.3 is 5.32 Å². The first-order chi connectivity index (χ1) is 9.88. The summed E-state index contributed by atoms with van der Waals surface area (Å²) in [6, 6.07) is 6.86. The minimum atomic E-state index is -3.16. The maximum Gasteiger partial charge on any atom is 0.252 e. The Hall–Kier alpha value is -1.11. The maximum absolute atomic E-state index is 12.1. The number of carbonyl (C=O) groups is 1. The van der Waals surface area contributed by atoms with Crippen molar-refractivity contribution < 1.29 is 13.2 Å². The van der Waals surface area contributed by atoms with Gasteiger partial charge in [-0.1, -0.05) is 23.7 Å². The van der Waals surface area contributed by atoms with Crippen LogP contribution in [0.25, 0.3) is 0 Å². The summed E-state index contributed by atoms with van der Waals surface area (Å²) in [6.45, 7) is 1.48. The van der Waals surface area contributed by atoms with E-state index in [9.17, 15) is 13.2 Å². The SMILES string of the molecule is CS(=O)(=O)N1CCCC(CNC(=O)c2ccccc2Cl)C1. The fraction of sp³-hybridized carbons (Fsp3) is 0.500. The number of benzene rings is 1. The van der Waals surface area contributed by atoms with Crippen LogP contribution in [0.5, 0.6) is 0 Å². The lowest BCUT2D eigenvalue weighted by Crippen LogP contribution is -2.43. The molecule has 1 N–H and O–H groups in total. The van der Waals surface area contributed by atoms with Gasteiger partial charge in [-0.3, -0.25) is 4.79 Å². The lowest BCUT2D eigenvalue weighted by Gasteiger charge is -2.31.